The van der Waals surface area contributed by atoms with Gasteiger partial charge in [-0.15, -0.1) is 0 Å². The molecule has 0 radical (unpaired) electrons. The van der Waals surface area contributed by atoms with Gasteiger partial charge in [0.2, 0.25) is 0 Å². The number of nitrogens with zero attached hydrogens (tertiary/aromatic N) is 1. The van der Waals surface area contributed by atoms with E-state index in [9.17, 15) is 9.59 Å². The Kier molecular flexibility index (Phi) is 4.59. The first-order valence-corrected chi connectivity index (χ1v) is 5.16. The van der Waals surface area contributed by atoms with Crippen molar-refractivity contribution in [2.45, 2.75) is 20.0 Å². The van der Waals surface area contributed by atoms with Gasteiger partial charge in [-0.3, -0.25) is 4.79 Å². The van der Waals surface area contributed by atoms with Gasteiger partial charge in [0.15, 0.2) is 0 Å². The fraction of sp³-hybridized carbons (Fsp3) is 0.364. The van der Waals surface area contributed by atoms with E-state index in [4.69, 9.17) is 9.84 Å². The number of rotatable bonds is 5. The van der Waals surface area contributed by atoms with Crippen LogP contribution in [-0.4, -0.2) is 34.7 Å². The Morgan fingerprint density at radius 2 is 2.29 bits per heavy atom. The van der Waals surface area contributed by atoms with Crippen LogP contribution in [0.3, 0.4) is 0 Å². The molecular formula is C11H14N2O4. The van der Waals surface area contributed by atoms with E-state index in [1.54, 1.807) is 13.8 Å². The van der Waals surface area contributed by atoms with Crippen molar-refractivity contribution in [2.75, 3.05) is 11.9 Å². The van der Waals surface area contributed by atoms with Gasteiger partial charge in [0.05, 0.1) is 5.56 Å². The van der Waals surface area contributed by atoms with Crippen molar-refractivity contribution in [3.63, 3.8) is 0 Å². The SMILES string of the molecule is CCOC(C)C(=O)Nc1cc(C(=O)O)ccn1. The number of ether oxygens (including phenoxy) is 1. The number of aromatic nitrogens is 1. The molecule has 1 rings (SSSR count). The van der Waals surface area contributed by atoms with Crippen LogP contribution in [0.15, 0.2) is 18.3 Å². The molecule has 0 aliphatic rings. The first-order valence-electron chi connectivity index (χ1n) is 5.16. The van der Waals surface area contributed by atoms with E-state index in [-0.39, 0.29) is 17.3 Å². The predicted molar refractivity (Wildman–Crippen MR) is 60.9 cm³/mol. The van der Waals surface area contributed by atoms with Gasteiger partial charge in [-0.25, -0.2) is 9.78 Å². The number of pyridine rings is 1. The van der Waals surface area contributed by atoms with Gasteiger partial charge in [-0.1, -0.05) is 0 Å². The molecule has 0 saturated carbocycles. The van der Waals surface area contributed by atoms with E-state index >= 15 is 0 Å². The quantitative estimate of drug-likeness (QED) is 0.803. The number of nitrogens with one attached hydrogen (secondary N) is 1. The van der Waals surface area contributed by atoms with Crippen LogP contribution in [0.5, 0.6) is 0 Å². The number of hydrogen-bond acceptors (Lipinski definition) is 4. The molecule has 1 amide bonds. The number of anilines is 1. The molecule has 0 spiro atoms. The standard InChI is InChI=1S/C11H14N2O4/c1-3-17-7(2)10(14)13-9-6-8(11(15)16)4-5-12-9/h4-7H,3H2,1-2H3,(H,15,16)(H,12,13,14). The number of aromatic carboxylic acids is 1. The van der Waals surface area contributed by atoms with Crippen molar-refractivity contribution in [1.82, 2.24) is 4.98 Å². The minimum Gasteiger partial charge on any atom is -0.478 e. The lowest BCUT2D eigenvalue weighted by atomic mass is 10.2. The van der Waals surface area contributed by atoms with Crippen LogP contribution in [0.2, 0.25) is 0 Å². The third-order valence-corrected chi connectivity index (χ3v) is 2.04. The van der Waals surface area contributed by atoms with Gasteiger partial charge >= 0.3 is 5.97 Å². The maximum Gasteiger partial charge on any atom is 0.335 e. The molecule has 6 heteroatoms. The Labute approximate surface area is 98.6 Å². The fourth-order valence-corrected chi connectivity index (χ4v) is 1.19. The molecule has 1 aromatic rings. The van der Waals surface area contributed by atoms with E-state index < -0.39 is 12.1 Å². The summed E-state index contributed by atoms with van der Waals surface area (Å²) in [4.78, 5) is 26.1. The summed E-state index contributed by atoms with van der Waals surface area (Å²) in [6.45, 7) is 3.82. The smallest absolute Gasteiger partial charge is 0.335 e. The molecule has 1 unspecified atom stereocenters. The van der Waals surface area contributed by atoms with Gasteiger partial charge in [0, 0.05) is 12.8 Å². The highest BCUT2D eigenvalue weighted by Gasteiger charge is 2.14. The molecule has 92 valence electrons. The van der Waals surface area contributed by atoms with Crippen LogP contribution in [0.25, 0.3) is 0 Å². The lowest BCUT2D eigenvalue weighted by Crippen LogP contribution is -2.28. The number of amides is 1. The normalized spacial score (nSPS) is 11.9. The second-order valence-electron chi connectivity index (χ2n) is 3.32. The van der Waals surface area contributed by atoms with E-state index in [0.29, 0.717) is 6.61 Å². The molecule has 2 N–H and O–H groups in total. The molecule has 6 nitrogen and oxygen atoms in total. The molecule has 17 heavy (non-hydrogen) atoms. The first-order chi connectivity index (χ1) is 8.04. The van der Waals surface area contributed by atoms with Crippen molar-refractivity contribution in [3.8, 4) is 0 Å². The Morgan fingerprint density at radius 1 is 1.59 bits per heavy atom. The summed E-state index contributed by atoms with van der Waals surface area (Å²) >= 11 is 0. The summed E-state index contributed by atoms with van der Waals surface area (Å²) in [6.07, 6.45) is 0.722. The topological polar surface area (TPSA) is 88.5 Å². The molecule has 0 bridgehead atoms. The van der Waals surface area contributed by atoms with Crippen molar-refractivity contribution >= 4 is 17.7 Å². The Morgan fingerprint density at radius 3 is 2.88 bits per heavy atom. The molecule has 1 heterocycles. The largest absolute Gasteiger partial charge is 0.478 e. The summed E-state index contributed by atoms with van der Waals surface area (Å²) in [5.41, 5.74) is 0.0689. The van der Waals surface area contributed by atoms with Gasteiger partial charge in [0.1, 0.15) is 11.9 Å². The third kappa shape index (κ3) is 3.84. The molecule has 0 aromatic carbocycles. The molecule has 1 atom stereocenters. The minimum atomic E-state index is -1.07. The molecular weight excluding hydrogens is 224 g/mol. The van der Waals surface area contributed by atoms with Gasteiger partial charge in [-0.2, -0.15) is 0 Å². The maximum absolute atomic E-state index is 11.6. The van der Waals surface area contributed by atoms with Gasteiger partial charge < -0.3 is 15.2 Å². The summed E-state index contributed by atoms with van der Waals surface area (Å²) in [5.74, 6) is -1.23. The van der Waals surface area contributed by atoms with Crippen LogP contribution in [-0.2, 0) is 9.53 Å². The lowest BCUT2D eigenvalue weighted by Gasteiger charge is -2.11. The van der Waals surface area contributed by atoms with E-state index in [1.165, 1.54) is 18.3 Å². The fourth-order valence-electron chi connectivity index (χ4n) is 1.19. The first kappa shape index (κ1) is 13.1. The number of carboxylic acid groups (broad SMARTS) is 1. The summed E-state index contributed by atoms with van der Waals surface area (Å²) in [7, 11) is 0. The zero-order valence-corrected chi connectivity index (χ0v) is 9.64. The second-order valence-corrected chi connectivity index (χ2v) is 3.32. The molecule has 0 aliphatic heterocycles. The van der Waals surface area contributed by atoms with Crippen LogP contribution in [0, 0.1) is 0 Å². The Bertz CT molecular complexity index is 420. The van der Waals surface area contributed by atoms with Crippen LogP contribution >= 0.6 is 0 Å². The van der Waals surface area contributed by atoms with Crippen LogP contribution in [0.1, 0.15) is 24.2 Å². The molecule has 0 fully saturated rings. The third-order valence-electron chi connectivity index (χ3n) is 2.04. The van der Waals surface area contributed by atoms with Crippen LogP contribution < -0.4 is 5.32 Å². The Hall–Kier alpha value is -1.95. The number of carboxylic acids is 1. The van der Waals surface area contributed by atoms with Crippen molar-refractivity contribution in [3.05, 3.63) is 23.9 Å². The highest BCUT2D eigenvalue weighted by Crippen LogP contribution is 2.07. The minimum absolute atomic E-state index is 0.0689. The predicted octanol–water partition coefficient (Wildman–Crippen LogP) is 1.14. The average molecular weight is 238 g/mol. The van der Waals surface area contributed by atoms with Crippen molar-refractivity contribution < 1.29 is 19.4 Å². The van der Waals surface area contributed by atoms with E-state index in [2.05, 4.69) is 10.3 Å². The van der Waals surface area contributed by atoms with E-state index in [0.717, 1.165) is 0 Å². The Balaban J connectivity index is 2.71. The van der Waals surface area contributed by atoms with Gasteiger partial charge in [0.25, 0.3) is 5.91 Å². The molecule has 0 aliphatic carbocycles. The zero-order valence-electron chi connectivity index (χ0n) is 9.64. The number of carbonyl (C=O) groups is 2. The van der Waals surface area contributed by atoms with Crippen LogP contribution in [0.4, 0.5) is 5.82 Å². The van der Waals surface area contributed by atoms with Crippen molar-refractivity contribution in [1.29, 1.82) is 0 Å². The summed E-state index contributed by atoms with van der Waals surface area (Å²) < 4.78 is 5.10. The summed E-state index contributed by atoms with van der Waals surface area (Å²) in [5, 5.41) is 11.3. The average Bonchev–Trinajstić information content (AvgIpc) is 2.29. The number of carbonyl (C=O) groups excluding carboxylic acids is 1. The highest BCUT2D eigenvalue weighted by atomic mass is 16.5. The number of hydrogen-bond donors (Lipinski definition) is 2. The zero-order chi connectivity index (χ0) is 12.8. The maximum atomic E-state index is 11.6. The van der Waals surface area contributed by atoms with Gasteiger partial charge in [-0.05, 0) is 26.0 Å². The molecule has 1 aromatic heterocycles. The summed E-state index contributed by atoms with van der Waals surface area (Å²) in [6, 6.07) is 2.64. The van der Waals surface area contributed by atoms with E-state index in [1.807, 2.05) is 0 Å². The highest BCUT2D eigenvalue weighted by molar-refractivity contribution is 5.94. The molecule has 0 saturated heterocycles. The van der Waals surface area contributed by atoms with Crippen molar-refractivity contribution in [2.24, 2.45) is 0 Å². The second kappa shape index (κ2) is 5.95. The monoisotopic (exact) mass is 238 g/mol. The lowest BCUT2D eigenvalue weighted by molar-refractivity contribution is -0.126.